The monoisotopic (exact) mass is 309 g/mol. The highest BCUT2D eigenvalue weighted by Gasteiger charge is 2.17. The molecule has 114 valence electrons. The Kier molecular flexibility index (Phi) is 3.82. The van der Waals surface area contributed by atoms with Gasteiger partial charge < -0.3 is 0 Å². The molecule has 1 aromatic heterocycles. The minimum absolute atomic E-state index is 0.843. The lowest BCUT2D eigenvalue weighted by atomic mass is 9.95. The summed E-state index contributed by atoms with van der Waals surface area (Å²) >= 11 is 0. The summed E-state index contributed by atoms with van der Waals surface area (Å²) in [7, 11) is 0. The summed E-state index contributed by atoms with van der Waals surface area (Å²) in [6.07, 6.45) is 0. The highest BCUT2D eigenvalue weighted by atomic mass is 15.3. The standard InChI is InChI=1S/C21H15N3/c1-4-10-16(11-5-1)19-20(17-12-6-2-7-13-17)22-24-23-21(19)18-14-8-3-9-15-18/h1-15H. The maximum absolute atomic E-state index is 4.35. The van der Waals surface area contributed by atoms with Crippen LogP contribution in [0.3, 0.4) is 0 Å². The highest BCUT2D eigenvalue weighted by molar-refractivity contribution is 5.90. The van der Waals surface area contributed by atoms with Gasteiger partial charge in [-0.25, -0.2) is 0 Å². The zero-order chi connectivity index (χ0) is 16.2. The number of rotatable bonds is 3. The highest BCUT2D eigenvalue weighted by Crippen LogP contribution is 2.36. The van der Waals surface area contributed by atoms with Crippen LogP contribution in [0.15, 0.2) is 91.0 Å². The third-order valence-electron chi connectivity index (χ3n) is 3.92. The van der Waals surface area contributed by atoms with Crippen molar-refractivity contribution in [3.05, 3.63) is 91.0 Å². The molecule has 0 bridgehead atoms. The van der Waals surface area contributed by atoms with Crippen molar-refractivity contribution in [1.82, 2.24) is 15.4 Å². The van der Waals surface area contributed by atoms with Gasteiger partial charge in [-0.3, -0.25) is 0 Å². The van der Waals surface area contributed by atoms with Gasteiger partial charge in [-0.15, -0.1) is 10.2 Å². The molecule has 0 spiro atoms. The van der Waals surface area contributed by atoms with Crippen LogP contribution in [0.1, 0.15) is 0 Å². The summed E-state index contributed by atoms with van der Waals surface area (Å²) in [6, 6.07) is 30.4. The van der Waals surface area contributed by atoms with E-state index < -0.39 is 0 Å². The third kappa shape index (κ3) is 2.68. The van der Waals surface area contributed by atoms with Crippen molar-refractivity contribution < 1.29 is 0 Å². The Labute approximate surface area is 140 Å². The van der Waals surface area contributed by atoms with E-state index in [1.165, 1.54) is 0 Å². The molecule has 4 rings (SSSR count). The predicted molar refractivity (Wildman–Crippen MR) is 96.1 cm³/mol. The van der Waals surface area contributed by atoms with Gasteiger partial charge in [0.25, 0.3) is 0 Å². The van der Waals surface area contributed by atoms with E-state index in [0.29, 0.717) is 0 Å². The summed E-state index contributed by atoms with van der Waals surface area (Å²) in [5, 5.41) is 12.7. The van der Waals surface area contributed by atoms with Gasteiger partial charge in [0.05, 0.1) is 0 Å². The molecule has 3 aromatic carbocycles. The molecule has 0 radical (unpaired) electrons. The van der Waals surface area contributed by atoms with E-state index >= 15 is 0 Å². The molecule has 0 saturated carbocycles. The first kappa shape index (κ1) is 14.3. The maximum atomic E-state index is 4.35. The Morgan fingerprint density at radius 2 is 0.792 bits per heavy atom. The van der Waals surface area contributed by atoms with E-state index in [4.69, 9.17) is 0 Å². The molecule has 0 fully saturated rings. The van der Waals surface area contributed by atoms with Gasteiger partial charge in [-0.2, -0.15) is 0 Å². The van der Waals surface area contributed by atoms with Gasteiger partial charge in [0.2, 0.25) is 0 Å². The van der Waals surface area contributed by atoms with E-state index in [0.717, 1.165) is 33.6 Å². The predicted octanol–water partition coefficient (Wildman–Crippen LogP) is 4.87. The maximum Gasteiger partial charge on any atom is 0.105 e. The molecule has 0 saturated heterocycles. The summed E-state index contributed by atoms with van der Waals surface area (Å²) in [5.41, 5.74) is 5.83. The second-order valence-electron chi connectivity index (χ2n) is 5.46. The van der Waals surface area contributed by atoms with Crippen molar-refractivity contribution >= 4 is 0 Å². The zero-order valence-corrected chi connectivity index (χ0v) is 13.0. The van der Waals surface area contributed by atoms with E-state index in [1.807, 2.05) is 78.9 Å². The van der Waals surface area contributed by atoms with Crippen LogP contribution >= 0.6 is 0 Å². The summed E-state index contributed by atoms with van der Waals surface area (Å²) in [6.45, 7) is 0. The van der Waals surface area contributed by atoms with Gasteiger partial charge in [0.1, 0.15) is 11.4 Å². The van der Waals surface area contributed by atoms with Gasteiger partial charge in [0.15, 0.2) is 0 Å². The van der Waals surface area contributed by atoms with Gasteiger partial charge in [-0.05, 0) is 10.8 Å². The van der Waals surface area contributed by atoms with E-state index in [2.05, 4.69) is 27.5 Å². The Hall–Kier alpha value is -3.33. The van der Waals surface area contributed by atoms with Crippen LogP contribution in [-0.4, -0.2) is 15.4 Å². The zero-order valence-electron chi connectivity index (χ0n) is 13.0. The average molecular weight is 309 g/mol. The average Bonchev–Trinajstić information content (AvgIpc) is 2.69. The Bertz CT molecular complexity index is 879. The van der Waals surface area contributed by atoms with E-state index in [-0.39, 0.29) is 0 Å². The Morgan fingerprint density at radius 3 is 1.21 bits per heavy atom. The van der Waals surface area contributed by atoms with Crippen molar-refractivity contribution in [2.75, 3.05) is 0 Å². The molecule has 24 heavy (non-hydrogen) atoms. The summed E-state index contributed by atoms with van der Waals surface area (Å²) in [5.74, 6) is 0. The number of aromatic nitrogens is 3. The molecule has 0 amide bonds. The molecule has 3 heteroatoms. The molecule has 1 heterocycles. The lowest BCUT2D eigenvalue weighted by Gasteiger charge is -2.12. The molecule has 4 aromatic rings. The fourth-order valence-corrected chi connectivity index (χ4v) is 2.80. The minimum atomic E-state index is 0.843. The lowest BCUT2D eigenvalue weighted by molar-refractivity contribution is 0.878. The second kappa shape index (κ2) is 6.42. The fraction of sp³-hybridized carbons (Fsp3) is 0. The number of nitrogens with zero attached hydrogens (tertiary/aromatic N) is 3. The van der Waals surface area contributed by atoms with Crippen molar-refractivity contribution in [3.8, 4) is 33.6 Å². The van der Waals surface area contributed by atoms with Gasteiger partial charge in [-0.1, -0.05) is 91.0 Å². The Balaban J connectivity index is 2.02. The van der Waals surface area contributed by atoms with Crippen LogP contribution in [0, 0.1) is 0 Å². The second-order valence-corrected chi connectivity index (χ2v) is 5.46. The van der Waals surface area contributed by atoms with Gasteiger partial charge >= 0.3 is 0 Å². The van der Waals surface area contributed by atoms with E-state index in [9.17, 15) is 0 Å². The fourth-order valence-electron chi connectivity index (χ4n) is 2.80. The molecule has 3 nitrogen and oxygen atoms in total. The van der Waals surface area contributed by atoms with Gasteiger partial charge in [0, 0.05) is 16.7 Å². The molecule has 0 atom stereocenters. The quantitative estimate of drug-likeness (QED) is 0.542. The van der Waals surface area contributed by atoms with Crippen LogP contribution in [0.25, 0.3) is 33.6 Å². The van der Waals surface area contributed by atoms with Crippen LogP contribution in [-0.2, 0) is 0 Å². The molecule has 0 aliphatic carbocycles. The van der Waals surface area contributed by atoms with Crippen LogP contribution in [0.4, 0.5) is 0 Å². The molecule has 0 aliphatic rings. The van der Waals surface area contributed by atoms with E-state index in [1.54, 1.807) is 0 Å². The number of hydrogen-bond donors (Lipinski definition) is 0. The van der Waals surface area contributed by atoms with Crippen molar-refractivity contribution in [3.63, 3.8) is 0 Å². The van der Waals surface area contributed by atoms with Crippen molar-refractivity contribution in [1.29, 1.82) is 0 Å². The molecule has 0 aliphatic heterocycles. The number of benzene rings is 3. The topological polar surface area (TPSA) is 38.7 Å². The first-order valence-electron chi connectivity index (χ1n) is 7.83. The van der Waals surface area contributed by atoms with Crippen LogP contribution in [0.2, 0.25) is 0 Å². The third-order valence-corrected chi connectivity index (χ3v) is 3.92. The van der Waals surface area contributed by atoms with Crippen molar-refractivity contribution in [2.24, 2.45) is 0 Å². The summed E-state index contributed by atoms with van der Waals surface area (Å²) in [4.78, 5) is 0. The molecular weight excluding hydrogens is 294 g/mol. The molecular formula is C21H15N3. The Morgan fingerprint density at radius 1 is 0.417 bits per heavy atom. The normalized spacial score (nSPS) is 10.5. The smallest absolute Gasteiger partial charge is 0.105 e. The largest absolute Gasteiger partial charge is 0.129 e. The minimum Gasteiger partial charge on any atom is -0.129 e. The van der Waals surface area contributed by atoms with Crippen LogP contribution < -0.4 is 0 Å². The SMILES string of the molecule is c1ccc(-c2nnnc(-c3ccccc3)c2-c2ccccc2)cc1. The van der Waals surface area contributed by atoms with Crippen LogP contribution in [0.5, 0.6) is 0 Å². The molecule has 0 unspecified atom stereocenters. The molecule has 0 N–H and O–H groups in total. The number of hydrogen-bond acceptors (Lipinski definition) is 3. The first-order chi connectivity index (χ1) is 11.9. The first-order valence-corrected chi connectivity index (χ1v) is 7.83. The van der Waals surface area contributed by atoms with Crippen molar-refractivity contribution in [2.45, 2.75) is 0 Å². The lowest BCUT2D eigenvalue weighted by Crippen LogP contribution is -1.99. The summed E-state index contributed by atoms with van der Waals surface area (Å²) < 4.78 is 0.